The van der Waals surface area contributed by atoms with Gasteiger partial charge in [-0.15, -0.1) is 0 Å². The van der Waals surface area contributed by atoms with E-state index in [1.165, 1.54) is 6.07 Å². The molecule has 0 N–H and O–H groups in total. The maximum atomic E-state index is 13.5. The molecule has 0 saturated heterocycles. The van der Waals surface area contributed by atoms with Gasteiger partial charge in [0.2, 0.25) is 0 Å². The van der Waals surface area contributed by atoms with Gasteiger partial charge in [0.05, 0.1) is 12.2 Å². The summed E-state index contributed by atoms with van der Waals surface area (Å²) in [5.74, 6) is -0.211. The van der Waals surface area contributed by atoms with Crippen molar-refractivity contribution in [3.05, 3.63) is 52.0 Å². The Kier molecular flexibility index (Phi) is 2.86. The van der Waals surface area contributed by atoms with E-state index >= 15 is 0 Å². The number of aromatic nitrogens is 2. The standard InChI is InChI=1S/C11H10BrFN2/c1-8-4-5-15(14-8)7-9-2-3-10(12)6-11(9)13/h2-6H,7H2,1H3. The predicted octanol–water partition coefficient (Wildman–Crippen LogP) is 3.14. The monoisotopic (exact) mass is 268 g/mol. The fourth-order valence-corrected chi connectivity index (χ4v) is 1.71. The molecule has 4 heteroatoms. The van der Waals surface area contributed by atoms with Crippen LogP contribution in [0, 0.1) is 12.7 Å². The van der Waals surface area contributed by atoms with Crippen LogP contribution in [0.4, 0.5) is 4.39 Å². The third kappa shape index (κ3) is 2.45. The second kappa shape index (κ2) is 4.14. The lowest BCUT2D eigenvalue weighted by Crippen LogP contribution is -2.02. The minimum atomic E-state index is -0.211. The Morgan fingerprint density at radius 1 is 1.40 bits per heavy atom. The van der Waals surface area contributed by atoms with Crippen LogP contribution in [0.2, 0.25) is 0 Å². The molecule has 15 heavy (non-hydrogen) atoms. The van der Waals surface area contributed by atoms with Crippen LogP contribution in [-0.4, -0.2) is 9.78 Å². The van der Waals surface area contributed by atoms with Gasteiger partial charge in [0.1, 0.15) is 5.82 Å². The maximum absolute atomic E-state index is 13.5. The van der Waals surface area contributed by atoms with Crippen molar-refractivity contribution in [2.24, 2.45) is 0 Å². The minimum Gasteiger partial charge on any atom is -0.268 e. The van der Waals surface area contributed by atoms with E-state index in [2.05, 4.69) is 21.0 Å². The van der Waals surface area contributed by atoms with Gasteiger partial charge in [-0.2, -0.15) is 5.10 Å². The van der Waals surface area contributed by atoms with Crippen LogP contribution in [0.3, 0.4) is 0 Å². The third-order valence-corrected chi connectivity index (χ3v) is 2.61. The van der Waals surface area contributed by atoms with E-state index in [0.717, 1.165) is 10.2 Å². The highest BCUT2D eigenvalue weighted by molar-refractivity contribution is 9.10. The fraction of sp³-hybridized carbons (Fsp3) is 0.182. The minimum absolute atomic E-state index is 0.211. The van der Waals surface area contributed by atoms with Crippen molar-refractivity contribution in [1.82, 2.24) is 9.78 Å². The van der Waals surface area contributed by atoms with Crippen molar-refractivity contribution in [3.63, 3.8) is 0 Å². The quantitative estimate of drug-likeness (QED) is 0.819. The van der Waals surface area contributed by atoms with Crippen LogP contribution in [0.25, 0.3) is 0 Å². The molecule has 0 amide bonds. The van der Waals surface area contributed by atoms with Crippen molar-refractivity contribution in [1.29, 1.82) is 0 Å². The summed E-state index contributed by atoms with van der Waals surface area (Å²) in [5.41, 5.74) is 1.58. The zero-order valence-electron chi connectivity index (χ0n) is 8.24. The predicted molar refractivity (Wildman–Crippen MR) is 60.2 cm³/mol. The van der Waals surface area contributed by atoms with Crippen molar-refractivity contribution in [2.45, 2.75) is 13.5 Å². The maximum Gasteiger partial charge on any atom is 0.129 e. The van der Waals surface area contributed by atoms with Crippen LogP contribution >= 0.6 is 15.9 Å². The van der Waals surface area contributed by atoms with Gasteiger partial charge in [-0.1, -0.05) is 22.0 Å². The van der Waals surface area contributed by atoms with Crippen LogP contribution in [0.15, 0.2) is 34.9 Å². The van der Waals surface area contributed by atoms with Gasteiger partial charge in [0, 0.05) is 16.2 Å². The second-order valence-electron chi connectivity index (χ2n) is 3.39. The summed E-state index contributed by atoms with van der Waals surface area (Å²) in [7, 11) is 0. The van der Waals surface area contributed by atoms with E-state index in [1.807, 2.05) is 25.3 Å². The van der Waals surface area contributed by atoms with Gasteiger partial charge in [-0.25, -0.2) is 4.39 Å². The summed E-state index contributed by atoms with van der Waals surface area (Å²) < 4.78 is 15.9. The molecule has 1 aromatic carbocycles. The highest BCUT2D eigenvalue weighted by Gasteiger charge is 2.03. The normalized spacial score (nSPS) is 10.6. The highest BCUT2D eigenvalue weighted by atomic mass is 79.9. The van der Waals surface area contributed by atoms with Gasteiger partial charge in [-0.3, -0.25) is 4.68 Å². The molecule has 1 heterocycles. The lowest BCUT2D eigenvalue weighted by Gasteiger charge is -2.03. The first-order valence-electron chi connectivity index (χ1n) is 4.59. The summed E-state index contributed by atoms with van der Waals surface area (Å²) in [5, 5.41) is 4.21. The molecule has 0 aliphatic rings. The van der Waals surface area contributed by atoms with Crippen molar-refractivity contribution >= 4 is 15.9 Å². The highest BCUT2D eigenvalue weighted by Crippen LogP contribution is 2.16. The van der Waals surface area contributed by atoms with Crippen molar-refractivity contribution in [3.8, 4) is 0 Å². The molecule has 0 saturated carbocycles. The number of aryl methyl sites for hydroxylation is 1. The van der Waals surface area contributed by atoms with Crippen molar-refractivity contribution < 1.29 is 4.39 Å². The van der Waals surface area contributed by atoms with Crippen LogP contribution in [-0.2, 0) is 6.54 Å². The van der Waals surface area contributed by atoms with Gasteiger partial charge < -0.3 is 0 Å². The molecular formula is C11H10BrFN2. The molecule has 0 aliphatic carbocycles. The van der Waals surface area contributed by atoms with E-state index in [4.69, 9.17) is 0 Å². The summed E-state index contributed by atoms with van der Waals surface area (Å²) >= 11 is 3.22. The van der Waals surface area contributed by atoms with E-state index in [0.29, 0.717) is 12.1 Å². The summed E-state index contributed by atoms with van der Waals surface area (Å²) in [4.78, 5) is 0. The first kappa shape index (κ1) is 10.4. The summed E-state index contributed by atoms with van der Waals surface area (Å²) in [6, 6.07) is 6.95. The number of rotatable bonds is 2. The number of hydrogen-bond donors (Lipinski definition) is 0. The van der Waals surface area contributed by atoms with Gasteiger partial charge >= 0.3 is 0 Å². The molecule has 0 radical (unpaired) electrons. The second-order valence-corrected chi connectivity index (χ2v) is 4.31. The smallest absolute Gasteiger partial charge is 0.129 e. The van der Waals surface area contributed by atoms with Gasteiger partial charge in [0.25, 0.3) is 0 Å². The average molecular weight is 269 g/mol. The first-order chi connectivity index (χ1) is 7.15. The van der Waals surface area contributed by atoms with E-state index < -0.39 is 0 Å². The fourth-order valence-electron chi connectivity index (χ4n) is 1.38. The molecule has 2 nitrogen and oxygen atoms in total. The number of benzene rings is 1. The molecule has 1 aromatic heterocycles. The SMILES string of the molecule is Cc1ccn(Cc2ccc(Br)cc2F)n1. The molecule has 0 unspecified atom stereocenters. The molecular weight excluding hydrogens is 259 g/mol. The zero-order chi connectivity index (χ0) is 10.8. The molecule has 0 atom stereocenters. The van der Waals surface area contributed by atoms with Gasteiger partial charge in [0.15, 0.2) is 0 Å². The lowest BCUT2D eigenvalue weighted by molar-refractivity contribution is 0.583. The number of nitrogens with zero attached hydrogens (tertiary/aromatic N) is 2. The Labute approximate surface area is 95.9 Å². The summed E-state index contributed by atoms with van der Waals surface area (Å²) in [6.45, 7) is 2.38. The van der Waals surface area contributed by atoms with Crippen LogP contribution < -0.4 is 0 Å². The topological polar surface area (TPSA) is 17.8 Å². The molecule has 0 fully saturated rings. The van der Waals surface area contributed by atoms with Crippen LogP contribution in [0.1, 0.15) is 11.3 Å². The van der Waals surface area contributed by atoms with Gasteiger partial charge in [-0.05, 0) is 25.1 Å². The average Bonchev–Trinajstić information content (AvgIpc) is 2.56. The molecule has 0 spiro atoms. The zero-order valence-corrected chi connectivity index (χ0v) is 9.83. The van der Waals surface area contributed by atoms with Crippen LogP contribution in [0.5, 0.6) is 0 Å². The van der Waals surface area contributed by atoms with Crippen molar-refractivity contribution in [2.75, 3.05) is 0 Å². The van der Waals surface area contributed by atoms with E-state index in [-0.39, 0.29) is 5.82 Å². The molecule has 0 bridgehead atoms. The molecule has 78 valence electrons. The third-order valence-electron chi connectivity index (χ3n) is 2.12. The lowest BCUT2D eigenvalue weighted by atomic mass is 10.2. The Bertz CT molecular complexity index is 479. The molecule has 2 aromatic rings. The Hall–Kier alpha value is -1.16. The molecule has 2 rings (SSSR count). The Balaban J connectivity index is 2.24. The molecule has 0 aliphatic heterocycles. The van der Waals surface area contributed by atoms with E-state index in [1.54, 1.807) is 10.7 Å². The largest absolute Gasteiger partial charge is 0.268 e. The Morgan fingerprint density at radius 2 is 2.20 bits per heavy atom. The Morgan fingerprint density at radius 3 is 2.80 bits per heavy atom. The number of halogens is 2. The van der Waals surface area contributed by atoms with E-state index in [9.17, 15) is 4.39 Å². The summed E-state index contributed by atoms with van der Waals surface area (Å²) in [6.07, 6.45) is 1.84. The number of hydrogen-bond acceptors (Lipinski definition) is 1. The first-order valence-corrected chi connectivity index (χ1v) is 5.38.